The molecule has 1 aliphatic rings. The zero-order chi connectivity index (χ0) is 9.26. The van der Waals surface area contributed by atoms with Crippen LogP contribution in [-0.4, -0.2) is 6.54 Å². The fourth-order valence-electron chi connectivity index (χ4n) is 1.85. The van der Waals surface area contributed by atoms with E-state index in [-0.39, 0.29) is 0 Å². The molecule has 1 N–H and O–H groups in total. The van der Waals surface area contributed by atoms with Crippen molar-refractivity contribution in [3.63, 3.8) is 0 Å². The monoisotopic (exact) mass is 172 g/mol. The van der Waals surface area contributed by atoms with Crippen LogP contribution in [0.25, 0.3) is 0 Å². The van der Waals surface area contributed by atoms with Crippen LogP contribution in [0, 0.1) is 11.3 Å². The van der Waals surface area contributed by atoms with E-state index in [4.69, 9.17) is 5.26 Å². The summed E-state index contributed by atoms with van der Waals surface area (Å²) in [4.78, 5) is 0. The average molecular weight is 172 g/mol. The third-order valence-electron chi connectivity index (χ3n) is 2.58. The predicted molar refractivity (Wildman–Crippen MR) is 51.3 cm³/mol. The number of fused-ring (bicyclic) bond motifs is 1. The lowest BCUT2D eigenvalue weighted by Gasteiger charge is -2.23. The number of nitrogens with one attached hydrogen (secondary N) is 1. The van der Waals surface area contributed by atoms with Gasteiger partial charge in [-0.15, -0.1) is 0 Å². The Bertz CT molecular complexity index is 363. The summed E-state index contributed by atoms with van der Waals surface area (Å²) in [6.07, 6.45) is 1.04. The van der Waals surface area contributed by atoms with E-state index in [1.807, 2.05) is 12.1 Å². The van der Waals surface area contributed by atoms with Crippen LogP contribution >= 0.6 is 0 Å². The standard InChI is InChI=1S/C11H12N2/c1-8-11-3-2-9(7-12)6-10(11)4-5-13-8/h2-3,6,8,13H,4-5H2,1H3/t8-/m1/s1. The Kier molecular flexibility index (Phi) is 2.03. The topological polar surface area (TPSA) is 35.8 Å². The normalized spacial score (nSPS) is 20.5. The fraction of sp³-hybridized carbons (Fsp3) is 0.364. The highest BCUT2D eigenvalue weighted by atomic mass is 14.9. The molecule has 0 radical (unpaired) electrons. The van der Waals surface area contributed by atoms with Crippen LogP contribution in [0.3, 0.4) is 0 Å². The highest BCUT2D eigenvalue weighted by Gasteiger charge is 2.15. The van der Waals surface area contributed by atoms with Gasteiger partial charge >= 0.3 is 0 Å². The molecule has 0 saturated carbocycles. The molecule has 2 rings (SSSR count). The van der Waals surface area contributed by atoms with E-state index in [1.54, 1.807) is 0 Å². The molecular weight excluding hydrogens is 160 g/mol. The maximum atomic E-state index is 8.74. The number of hydrogen-bond donors (Lipinski definition) is 1. The quantitative estimate of drug-likeness (QED) is 0.647. The minimum atomic E-state index is 0.427. The Balaban J connectivity index is 2.47. The van der Waals surface area contributed by atoms with Crippen molar-refractivity contribution in [3.05, 3.63) is 34.9 Å². The lowest BCUT2D eigenvalue weighted by Crippen LogP contribution is -2.27. The molecular formula is C11H12N2. The van der Waals surface area contributed by atoms with Gasteiger partial charge in [-0.2, -0.15) is 5.26 Å². The summed E-state index contributed by atoms with van der Waals surface area (Å²) in [5.74, 6) is 0. The number of nitriles is 1. The van der Waals surface area contributed by atoms with Gasteiger partial charge in [-0.3, -0.25) is 0 Å². The molecule has 0 amide bonds. The molecule has 1 aromatic rings. The molecule has 1 aliphatic heterocycles. The minimum Gasteiger partial charge on any atom is -0.310 e. The van der Waals surface area contributed by atoms with Crippen LogP contribution < -0.4 is 5.32 Å². The first kappa shape index (κ1) is 8.28. The van der Waals surface area contributed by atoms with Crippen molar-refractivity contribution in [2.45, 2.75) is 19.4 Å². The van der Waals surface area contributed by atoms with Crippen LogP contribution in [0.1, 0.15) is 29.7 Å². The second-order valence-electron chi connectivity index (χ2n) is 3.45. The maximum absolute atomic E-state index is 8.74. The van der Waals surface area contributed by atoms with Gasteiger partial charge in [0.15, 0.2) is 0 Å². The molecule has 0 aromatic heterocycles. The molecule has 0 saturated heterocycles. The van der Waals surface area contributed by atoms with Gasteiger partial charge in [-0.1, -0.05) is 6.07 Å². The molecule has 0 spiro atoms. The van der Waals surface area contributed by atoms with Gasteiger partial charge in [0.2, 0.25) is 0 Å². The molecule has 13 heavy (non-hydrogen) atoms. The smallest absolute Gasteiger partial charge is 0.0991 e. The Morgan fingerprint density at radius 1 is 1.54 bits per heavy atom. The summed E-state index contributed by atoms with van der Waals surface area (Å²) in [5.41, 5.74) is 3.43. The van der Waals surface area contributed by atoms with Crippen LogP contribution in [0.15, 0.2) is 18.2 Å². The number of nitrogens with zero attached hydrogens (tertiary/aromatic N) is 1. The van der Waals surface area contributed by atoms with Gasteiger partial charge in [-0.25, -0.2) is 0 Å². The highest BCUT2D eigenvalue weighted by Crippen LogP contribution is 2.22. The number of benzene rings is 1. The summed E-state index contributed by atoms with van der Waals surface area (Å²) in [6, 6.07) is 8.56. The first-order valence-corrected chi connectivity index (χ1v) is 4.57. The van der Waals surface area contributed by atoms with Crippen LogP contribution in [-0.2, 0) is 6.42 Å². The fourth-order valence-corrected chi connectivity index (χ4v) is 1.85. The molecule has 66 valence electrons. The molecule has 1 atom stereocenters. The second-order valence-corrected chi connectivity index (χ2v) is 3.45. The zero-order valence-corrected chi connectivity index (χ0v) is 7.67. The molecule has 0 aliphatic carbocycles. The summed E-state index contributed by atoms with van der Waals surface area (Å²) < 4.78 is 0. The van der Waals surface area contributed by atoms with Crippen LogP contribution in [0.4, 0.5) is 0 Å². The minimum absolute atomic E-state index is 0.427. The molecule has 2 nitrogen and oxygen atoms in total. The Hall–Kier alpha value is -1.33. The molecule has 0 unspecified atom stereocenters. The summed E-state index contributed by atoms with van der Waals surface area (Å²) >= 11 is 0. The van der Waals surface area contributed by atoms with Gasteiger partial charge in [0.25, 0.3) is 0 Å². The van der Waals surface area contributed by atoms with Crippen LogP contribution in [0.2, 0.25) is 0 Å². The van der Waals surface area contributed by atoms with E-state index >= 15 is 0 Å². The second kappa shape index (κ2) is 3.20. The van der Waals surface area contributed by atoms with E-state index in [1.165, 1.54) is 11.1 Å². The molecule has 2 heteroatoms. The molecule has 0 fully saturated rings. The number of rotatable bonds is 0. The van der Waals surface area contributed by atoms with Crippen molar-refractivity contribution < 1.29 is 0 Å². The van der Waals surface area contributed by atoms with Crippen molar-refractivity contribution in [3.8, 4) is 6.07 Å². The predicted octanol–water partition coefficient (Wildman–Crippen LogP) is 1.76. The Labute approximate surface area is 78.2 Å². The maximum Gasteiger partial charge on any atom is 0.0991 e. The molecule has 1 aromatic carbocycles. The van der Waals surface area contributed by atoms with Crippen molar-refractivity contribution in [2.24, 2.45) is 0 Å². The van der Waals surface area contributed by atoms with Gasteiger partial charge in [0.05, 0.1) is 11.6 Å². The van der Waals surface area contributed by atoms with E-state index < -0.39 is 0 Å². The average Bonchev–Trinajstić information content (AvgIpc) is 2.18. The van der Waals surface area contributed by atoms with E-state index in [0.29, 0.717) is 6.04 Å². The van der Waals surface area contributed by atoms with E-state index in [0.717, 1.165) is 18.5 Å². The van der Waals surface area contributed by atoms with Crippen molar-refractivity contribution in [2.75, 3.05) is 6.54 Å². The van der Waals surface area contributed by atoms with E-state index in [2.05, 4.69) is 24.4 Å². The van der Waals surface area contributed by atoms with Crippen molar-refractivity contribution >= 4 is 0 Å². The molecule has 0 bridgehead atoms. The van der Waals surface area contributed by atoms with E-state index in [9.17, 15) is 0 Å². The number of hydrogen-bond acceptors (Lipinski definition) is 2. The Morgan fingerprint density at radius 3 is 3.15 bits per heavy atom. The molecule has 1 heterocycles. The zero-order valence-electron chi connectivity index (χ0n) is 7.67. The van der Waals surface area contributed by atoms with Gasteiger partial charge in [0, 0.05) is 6.04 Å². The largest absolute Gasteiger partial charge is 0.310 e. The lowest BCUT2D eigenvalue weighted by atomic mass is 9.94. The third kappa shape index (κ3) is 1.43. The van der Waals surface area contributed by atoms with Gasteiger partial charge < -0.3 is 5.32 Å². The van der Waals surface area contributed by atoms with Crippen molar-refractivity contribution in [1.82, 2.24) is 5.32 Å². The lowest BCUT2D eigenvalue weighted by molar-refractivity contribution is 0.541. The first-order valence-electron chi connectivity index (χ1n) is 4.57. The highest BCUT2D eigenvalue weighted by molar-refractivity contribution is 5.40. The summed E-state index contributed by atoms with van der Waals surface area (Å²) in [5, 5.41) is 12.1. The Morgan fingerprint density at radius 2 is 2.38 bits per heavy atom. The van der Waals surface area contributed by atoms with Crippen molar-refractivity contribution in [1.29, 1.82) is 5.26 Å². The first-order chi connectivity index (χ1) is 6.31. The summed E-state index contributed by atoms with van der Waals surface area (Å²) in [7, 11) is 0. The van der Waals surface area contributed by atoms with Crippen LogP contribution in [0.5, 0.6) is 0 Å². The summed E-state index contributed by atoms with van der Waals surface area (Å²) in [6.45, 7) is 3.17. The SMILES string of the molecule is C[C@H]1NCCc2cc(C#N)ccc21. The van der Waals surface area contributed by atoms with Gasteiger partial charge in [0.1, 0.15) is 0 Å². The third-order valence-corrected chi connectivity index (χ3v) is 2.58. The van der Waals surface area contributed by atoms with Gasteiger partial charge in [-0.05, 0) is 43.1 Å².